The van der Waals surface area contributed by atoms with E-state index in [9.17, 15) is 0 Å². The van der Waals surface area contributed by atoms with E-state index in [4.69, 9.17) is 24.8 Å². The summed E-state index contributed by atoms with van der Waals surface area (Å²) in [6.07, 6.45) is 5.25. The predicted molar refractivity (Wildman–Crippen MR) is 47.8 cm³/mol. The Morgan fingerprint density at radius 2 is 1.55 bits per heavy atom. The molecule has 56 valence electrons. The number of thiocarbonyl (C=S) groups is 1. The SMILES string of the molecule is S=C([S-])N(C1CC1)C1CC1.[Cs+]. The van der Waals surface area contributed by atoms with Crippen molar-refractivity contribution in [3.05, 3.63) is 0 Å². The van der Waals surface area contributed by atoms with Gasteiger partial charge in [-0.05, 0) is 25.7 Å². The first-order valence-corrected chi connectivity index (χ1v) is 4.60. The third-order valence-corrected chi connectivity index (χ3v) is 2.51. The molecule has 0 atom stereocenters. The molecule has 11 heavy (non-hydrogen) atoms. The van der Waals surface area contributed by atoms with Gasteiger partial charge in [0, 0.05) is 12.1 Å². The Kier molecular flexibility index (Phi) is 4.69. The Morgan fingerprint density at radius 3 is 1.73 bits per heavy atom. The van der Waals surface area contributed by atoms with Gasteiger partial charge in [-0.3, -0.25) is 0 Å². The van der Waals surface area contributed by atoms with Crippen molar-refractivity contribution < 1.29 is 68.9 Å². The molecule has 0 amide bonds. The molecule has 0 saturated heterocycles. The van der Waals surface area contributed by atoms with Crippen LogP contribution < -0.4 is 68.9 Å². The number of hydrogen-bond donors (Lipinski definition) is 0. The van der Waals surface area contributed by atoms with Gasteiger partial charge in [-0.25, -0.2) is 0 Å². The second-order valence-electron chi connectivity index (χ2n) is 3.14. The Bertz CT molecular complexity index is 154. The van der Waals surface area contributed by atoms with Crippen LogP contribution in [-0.2, 0) is 12.6 Å². The topological polar surface area (TPSA) is 3.24 Å². The normalized spacial score (nSPS) is 22.2. The van der Waals surface area contributed by atoms with Crippen LogP contribution in [0.25, 0.3) is 0 Å². The van der Waals surface area contributed by atoms with Crippen molar-refractivity contribution in [3.63, 3.8) is 0 Å². The second kappa shape index (κ2) is 4.59. The molecule has 2 saturated carbocycles. The van der Waals surface area contributed by atoms with Crippen LogP contribution in [0, 0.1) is 0 Å². The zero-order chi connectivity index (χ0) is 7.14. The summed E-state index contributed by atoms with van der Waals surface area (Å²) < 4.78 is 0.699. The number of hydrogen-bond acceptors (Lipinski definition) is 2. The maximum atomic E-state index is 4.99. The Hall–Kier alpha value is 2.16. The van der Waals surface area contributed by atoms with E-state index in [-0.39, 0.29) is 68.9 Å². The first-order valence-electron chi connectivity index (χ1n) is 3.78. The summed E-state index contributed by atoms with van der Waals surface area (Å²) in [5, 5.41) is 0. The fourth-order valence-corrected chi connectivity index (χ4v) is 1.90. The standard InChI is InChI=1S/C7H11NS2.Cs/c9-7(10)8(5-1-2-5)6-3-4-6;/h5-6H,1-4H2,(H,9,10);/q;+1/p-1. The van der Waals surface area contributed by atoms with Gasteiger partial charge in [0.15, 0.2) is 0 Å². The van der Waals surface area contributed by atoms with E-state index >= 15 is 0 Å². The van der Waals surface area contributed by atoms with E-state index < -0.39 is 0 Å². The zero-order valence-electron chi connectivity index (χ0n) is 6.75. The molecule has 1 nitrogen and oxygen atoms in total. The summed E-state index contributed by atoms with van der Waals surface area (Å²) in [5.41, 5.74) is 0. The molecule has 2 rings (SSSR count). The molecule has 4 heteroatoms. The molecule has 0 radical (unpaired) electrons. The van der Waals surface area contributed by atoms with Crippen LogP contribution in [0.4, 0.5) is 0 Å². The monoisotopic (exact) mass is 305 g/mol. The summed E-state index contributed by atoms with van der Waals surface area (Å²) in [6.45, 7) is 0. The molecule has 0 aliphatic heterocycles. The third kappa shape index (κ3) is 3.09. The zero-order valence-corrected chi connectivity index (χ0v) is 14.7. The number of rotatable bonds is 2. The van der Waals surface area contributed by atoms with E-state index in [1.54, 1.807) is 0 Å². The average molecular weight is 305 g/mol. The van der Waals surface area contributed by atoms with Gasteiger partial charge in [-0.1, -0.05) is 4.32 Å². The largest absolute Gasteiger partial charge is 1.00 e. The average Bonchev–Trinajstić information content (AvgIpc) is 2.49. The smallest absolute Gasteiger partial charge is 0.411 e. The van der Waals surface area contributed by atoms with Gasteiger partial charge in [0.25, 0.3) is 0 Å². The van der Waals surface area contributed by atoms with Crippen molar-refractivity contribution in [2.24, 2.45) is 0 Å². The van der Waals surface area contributed by atoms with Crippen LogP contribution in [0.5, 0.6) is 0 Å². The summed E-state index contributed by atoms with van der Waals surface area (Å²) >= 11 is 9.98. The van der Waals surface area contributed by atoms with Gasteiger partial charge < -0.3 is 29.7 Å². The van der Waals surface area contributed by atoms with E-state index in [1.165, 1.54) is 25.7 Å². The minimum Gasteiger partial charge on any atom is -0.411 e. The van der Waals surface area contributed by atoms with Gasteiger partial charge in [-0.2, -0.15) is 0 Å². The minimum absolute atomic E-state index is 0. The molecule has 2 aliphatic carbocycles. The van der Waals surface area contributed by atoms with Crippen LogP contribution >= 0.6 is 12.2 Å². The van der Waals surface area contributed by atoms with Crippen molar-refractivity contribution in [1.29, 1.82) is 0 Å². The van der Waals surface area contributed by atoms with E-state index in [0.717, 1.165) is 12.1 Å². The predicted octanol–water partition coefficient (Wildman–Crippen LogP) is -1.55. The van der Waals surface area contributed by atoms with Crippen molar-refractivity contribution in [2.75, 3.05) is 0 Å². The second-order valence-corrected chi connectivity index (χ2v) is 4.17. The molecule has 0 aromatic heterocycles. The quantitative estimate of drug-likeness (QED) is 0.449. The van der Waals surface area contributed by atoms with Crippen molar-refractivity contribution >= 4 is 29.2 Å². The van der Waals surface area contributed by atoms with Gasteiger partial charge in [-0.15, -0.1) is 0 Å². The first kappa shape index (κ1) is 11.2. The first-order chi connectivity index (χ1) is 4.79. The van der Waals surface area contributed by atoms with Crippen molar-refractivity contribution in [1.82, 2.24) is 4.90 Å². The van der Waals surface area contributed by atoms with Gasteiger partial charge in [0.1, 0.15) is 0 Å². The molecule has 0 N–H and O–H groups in total. The van der Waals surface area contributed by atoms with Gasteiger partial charge >= 0.3 is 68.9 Å². The van der Waals surface area contributed by atoms with E-state index in [0.29, 0.717) is 4.32 Å². The van der Waals surface area contributed by atoms with Crippen molar-refractivity contribution in [3.8, 4) is 0 Å². The molecule has 0 spiro atoms. The Balaban J connectivity index is 0.000000605. The fourth-order valence-electron chi connectivity index (χ4n) is 1.30. The van der Waals surface area contributed by atoms with E-state index in [2.05, 4.69) is 4.90 Å². The third-order valence-electron chi connectivity index (χ3n) is 2.09. The maximum Gasteiger partial charge on any atom is 1.00 e. The summed E-state index contributed by atoms with van der Waals surface area (Å²) in [6, 6.07) is 1.47. The summed E-state index contributed by atoms with van der Waals surface area (Å²) in [4.78, 5) is 2.27. The van der Waals surface area contributed by atoms with Crippen molar-refractivity contribution in [2.45, 2.75) is 37.8 Å². The Morgan fingerprint density at radius 1 is 1.18 bits per heavy atom. The van der Waals surface area contributed by atoms with Crippen LogP contribution in [0.15, 0.2) is 0 Å². The summed E-state index contributed by atoms with van der Waals surface area (Å²) in [5.74, 6) is 0. The molecule has 2 aliphatic rings. The van der Waals surface area contributed by atoms with Gasteiger partial charge in [0.2, 0.25) is 0 Å². The molecule has 0 heterocycles. The molecule has 2 fully saturated rings. The molecule has 0 bridgehead atoms. The van der Waals surface area contributed by atoms with Gasteiger partial charge in [0.05, 0.1) is 0 Å². The molecular weight excluding hydrogens is 295 g/mol. The van der Waals surface area contributed by atoms with Crippen LogP contribution in [0.3, 0.4) is 0 Å². The summed E-state index contributed by atoms with van der Waals surface area (Å²) in [7, 11) is 0. The Labute approximate surface area is 137 Å². The molecule has 0 unspecified atom stereocenters. The fraction of sp³-hybridized carbons (Fsp3) is 0.857. The number of nitrogens with zero attached hydrogens (tertiary/aromatic N) is 1. The molecule has 0 aromatic rings. The van der Waals surface area contributed by atoms with Crippen LogP contribution in [0.1, 0.15) is 25.7 Å². The molecular formula is C7H10CsNS2. The molecule has 0 aromatic carbocycles. The van der Waals surface area contributed by atoms with Crippen LogP contribution in [-0.4, -0.2) is 21.3 Å². The van der Waals surface area contributed by atoms with Crippen LogP contribution in [0.2, 0.25) is 0 Å². The van der Waals surface area contributed by atoms with E-state index in [1.807, 2.05) is 0 Å². The minimum atomic E-state index is 0. The maximum absolute atomic E-state index is 4.99.